The Morgan fingerprint density at radius 1 is 0.864 bits per heavy atom. The van der Waals surface area contributed by atoms with E-state index in [9.17, 15) is 58.6 Å². The number of halogens is 10. The van der Waals surface area contributed by atoms with E-state index < -0.39 is 80.2 Å². The third-order valence-corrected chi connectivity index (χ3v) is 5.67. The topological polar surface area (TPSA) is 94.5 Å². The van der Waals surface area contributed by atoms with Crippen LogP contribution in [0.5, 0.6) is 11.5 Å². The van der Waals surface area contributed by atoms with Gasteiger partial charge in [-0.25, -0.2) is 14.0 Å². The first-order valence-electron chi connectivity index (χ1n) is 12.5. The quantitative estimate of drug-likeness (QED) is 0.216. The van der Waals surface area contributed by atoms with Crippen molar-refractivity contribution in [1.82, 2.24) is 4.90 Å². The molecule has 0 saturated carbocycles. The van der Waals surface area contributed by atoms with E-state index in [1.54, 1.807) is 6.92 Å². The molecule has 0 fully saturated rings. The predicted molar refractivity (Wildman–Crippen MR) is 130 cm³/mol. The second-order valence-corrected chi connectivity index (χ2v) is 8.78. The highest BCUT2D eigenvalue weighted by molar-refractivity contribution is 5.72. The van der Waals surface area contributed by atoms with Crippen LogP contribution in [0.4, 0.5) is 48.7 Å². The molecule has 1 N–H and O–H groups in total. The lowest BCUT2D eigenvalue weighted by molar-refractivity contribution is -0.443. The Balaban J connectivity index is 2.10. The lowest BCUT2D eigenvalue weighted by Crippen LogP contribution is -2.62. The van der Waals surface area contributed by atoms with Gasteiger partial charge in [-0.05, 0) is 36.8 Å². The molecule has 0 aliphatic heterocycles. The van der Waals surface area contributed by atoms with Crippen LogP contribution < -0.4 is 9.47 Å². The Morgan fingerprint density at radius 2 is 1.45 bits per heavy atom. The molecule has 18 heteroatoms. The van der Waals surface area contributed by atoms with Gasteiger partial charge in [0, 0.05) is 19.6 Å². The molecule has 2 rings (SSSR count). The minimum atomic E-state index is -7.17. The first-order valence-corrected chi connectivity index (χ1v) is 12.5. The number of carboxylic acids is 1. The van der Waals surface area contributed by atoms with E-state index in [1.807, 2.05) is 0 Å². The number of alkyl halides is 9. The molecule has 2 aromatic rings. The molecule has 1 atom stereocenters. The summed E-state index contributed by atoms with van der Waals surface area (Å²) in [6, 6.07) is 10.1. The average molecular weight is 653 g/mol. The molecule has 0 aliphatic rings. The zero-order chi connectivity index (χ0) is 33.3. The van der Waals surface area contributed by atoms with Crippen LogP contribution >= 0.6 is 0 Å². The Labute approximate surface area is 243 Å². The maximum atomic E-state index is 13.9. The van der Waals surface area contributed by atoms with Crippen LogP contribution in [-0.4, -0.2) is 85.2 Å². The fraction of sp³-hybridized carbons (Fsp3) is 0.462. The van der Waals surface area contributed by atoms with Gasteiger partial charge in [0.2, 0.25) is 0 Å². The maximum Gasteiger partial charge on any atom is 0.460 e. The summed E-state index contributed by atoms with van der Waals surface area (Å²) in [4.78, 5) is 24.3. The summed E-state index contributed by atoms with van der Waals surface area (Å²) >= 11 is 0. The van der Waals surface area contributed by atoms with Crippen LogP contribution in [0.2, 0.25) is 0 Å². The van der Waals surface area contributed by atoms with Gasteiger partial charge in [-0.3, -0.25) is 0 Å². The van der Waals surface area contributed by atoms with Crippen molar-refractivity contribution in [3.05, 3.63) is 59.9 Å². The number of benzene rings is 2. The van der Waals surface area contributed by atoms with Crippen LogP contribution in [0.3, 0.4) is 0 Å². The summed E-state index contributed by atoms with van der Waals surface area (Å²) in [7, 11) is 0. The highest BCUT2D eigenvalue weighted by Crippen LogP contribution is 2.53. The zero-order valence-electron chi connectivity index (χ0n) is 22.6. The van der Waals surface area contributed by atoms with E-state index in [2.05, 4.69) is 4.74 Å². The maximum absolute atomic E-state index is 13.9. The number of hydrogen-bond acceptors (Lipinski definition) is 6. The summed E-state index contributed by atoms with van der Waals surface area (Å²) < 4.78 is 150. The smallest absolute Gasteiger partial charge is 0.460 e. The number of carbonyl (C=O) groups is 2. The average Bonchev–Trinajstić information content (AvgIpc) is 2.93. The predicted octanol–water partition coefficient (Wildman–Crippen LogP) is 6.18. The third kappa shape index (κ3) is 9.10. The Hall–Kier alpha value is -3.80. The van der Waals surface area contributed by atoms with Gasteiger partial charge in [-0.2, -0.15) is 39.5 Å². The van der Waals surface area contributed by atoms with Crippen molar-refractivity contribution in [2.75, 3.05) is 32.9 Å². The monoisotopic (exact) mass is 653 g/mol. The third-order valence-electron chi connectivity index (χ3n) is 5.67. The van der Waals surface area contributed by atoms with Crippen LogP contribution in [0.25, 0.3) is 0 Å². The molecule has 0 bridgehead atoms. The number of carbonyl (C=O) groups excluding carboxylic acids is 1. The number of carboxylic acid groups (broad SMARTS) is 1. The van der Waals surface area contributed by atoms with E-state index in [-0.39, 0.29) is 18.8 Å². The Morgan fingerprint density at radius 3 is 2.00 bits per heavy atom. The van der Waals surface area contributed by atoms with Crippen molar-refractivity contribution in [3.63, 3.8) is 0 Å². The molecule has 0 heterocycles. The zero-order valence-corrected chi connectivity index (χ0v) is 22.6. The second kappa shape index (κ2) is 14.8. The molecule has 1 amide bonds. The molecule has 0 spiro atoms. The minimum absolute atomic E-state index is 0.0116. The van der Waals surface area contributed by atoms with Crippen molar-refractivity contribution < 1.29 is 77.5 Å². The normalized spacial score (nSPS) is 13.3. The number of rotatable bonds is 16. The summed E-state index contributed by atoms with van der Waals surface area (Å²) in [6.07, 6.45) is -16.0. The molecule has 1 unspecified atom stereocenters. The van der Waals surface area contributed by atoms with E-state index in [1.165, 1.54) is 36.4 Å². The molecule has 0 aliphatic carbocycles. The lowest BCUT2D eigenvalue weighted by Gasteiger charge is -2.33. The summed E-state index contributed by atoms with van der Waals surface area (Å²) in [5.74, 6) is -16.9. The molecule has 0 saturated heterocycles. The molecule has 2 aromatic carbocycles. The van der Waals surface area contributed by atoms with Gasteiger partial charge in [0.25, 0.3) is 0 Å². The minimum Gasteiger partial charge on any atom is -0.492 e. The van der Waals surface area contributed by atoms with E-state index in [0.29, 0.717) is 10.5 Å². The van der Waals surface area contributed by atoms with Gasteiger partial charge in [-0.15, -0.1) is 0 Å². The molecule has 0 radical (unpaired) electrons. The fourth-order valence-corrected chi connectivity index (χ4v) is 3.34. The highest BCUT2D eigenvalue weighted by Gasteiger charge is 2.82. The molecule has 246 valence electrons. The van der Waals surface area contributed by atoms with Crippen molar-refractivity contribution in [2.24, 2.45) is 0 Å². The number of hydrogen-bond donors (Lipinski definition) is 1. The Bertz CT molecular complexity index is 1240. The summed E-state index contributed by atoms with van der Waals surface area (Å²) in [5.41, 5.74) is 0.541. The first kappa shape index (κ1) is 36.4. The van der Waals surface area contributed by atoms with Gasteiger partial charge in [0.05, 0.1) is 13.2 Å². The van der Waals surface area contributed by atoms with Crippen LogP contribution in [-0.2, 0) is 20.7 Å². The summed E-state index contributed by atoms with van der Waals surface area (Å²) in [5, 5.41) is 9.18. The van der Waals surface area contributed by atoms with Crippen molar-refractivity contribution in [3.8, 4) is 11.5 Å². The number of ether oxygens (including phenoxy) is 4. The van der Waals surface area contributed by atoms with Crippen molar-refractivity contribution >= 4 is 12.1 Å². The number of nitrogens with zero attached hydrogens (tertiary/aromatic N) is 1. The largest absolute Gasteiger partial charge is 0.492 e. The molecule has 8 nitrogen and oxygen atoms in total. The highest BCUT2D eigenvalue weighted by atomic mass is 19.4. The lowest BCUT2D eigenvalue weighted by atomic mass is 10.1. The molecular formula is C26H25F10NO7. The first-order chi connectivity index (χ1) is 20.3. The van der Waals surface area contributed by atoms with Crippen molar-refractivity contribution in [2.45, 2.75) is 43.6 Å². The molecule has 0 aromatic heterocycles. The number of amides is 1. The second-order valence-electron chi connectivity index (χ2n) is 8.78. The van der Waals surface area contributed by atoms with Gasteiger partial charge in [-0.1, -0.05) is 24.3 Å². The van der Waals surface area contributed by atoms with Crippen LogP contribution in [0.15, 0.2) is 48.5 Å². The number of para-hydroxylation sites is 1. The molecule has 44 heavy (non-hydrogen) atoms. The van der Waals surface area contributed by atoms with Gasteiger partial charge < -0.3 is 29.0 Å². The number of aliphatic carboxylic acids is 1. The standard InChI is InChI=1S/C26H25F10NO7/c1-2-41-20(21(38)39)15-16-7-9-17(10-8-16)42-13-11-37(22(40)44-19-6-4-3-5-18(19)27)12-14-43-26(35,36)24(30,31)23(28,29)25(32,33)34/h3-10,20H,2,11-15H2,1H3,(H,38,39). The SMILES string of the molecule is CCOC(Cc1ccc(OCCN(CCOC(F)(F)C(F)(F)C(F)(F)C(F)(F)F)C(=O)Oc2ccccc2F)cc1)C(=O)O. The Kier molecular flexibility index (Phi) is 12.2. The van der Waals surface area contributed by atoms with Crippen molar-refractivity contribution in [1.29, 1.82) is 0 Å². The van der Waals surface area contributed by atoms with Crippen LogP contribution in [0.1, 0.15) is 12.5 Å². The van der Waals surface area contributed by atoms with Gasteiger partial charge >= 0.3 is 36.2 Å². The fourth-order valence-electron chi connectivity index (χ4n) is 3.34. The molecular weight excluding hydrogens is 628 g/mol. The van der Waals surface area contributed by atoms with Gasteiger partial charge in [0.15, 0.2) is 17.7 Å². The van der Waals surface area contributed by atoms with E-state index in [4.69, 9.17) is 14.2 Å². The summed E-state index contributed by atoms with van der Waals surface area (Å²) in [6.45, 7) is -2.11. The van der Waals surface area contributed by atoms with E-state index in [0.717, 1.165) is 12.1 Å². The van der Waals surface area contributed by atoms with Gasteiger partial charge in [0.1, 0.15) is 12.4 Å². The van der Waals surface area contributed by atoms with E-state index >= 15 is 0 Å². The van der Waals surface area contributed by atoms with Crippen LogP contribution in [0, 0.1) is 5.82 Å².